The molecule has 0 radical (unpaired) electrons. The standard InChI is InChI=1S/C14H9ClFN3O4S/c15-10-5-9(19(22)23)6-11(12(10)20)17-14(24)18-13(21)7-1-3-8(16)4-2-7/h1-6,20H,(H2,17,18,21,24). The quantitative estimate of drug-likeness (QED) is 0.332. The first-order valence-electron chi connectivity index (χ1n) is 6.32. The van der Waals surface area contributed by atoms with Crippen molar-refractivity contribution >= 4 is 46.2 Å². The van der Waals surface area contributed by atoms with Gasteiger partial charge < -0.3 is 10.4 Å². The Morgan fingerprint density at radius 2 is 1.92 bits per heavy atom. The van der Waals surface area contributed by atoms with Gasteiger partial charge in [-0.05, 0) is 36.5 Å². The van der Waals surface area contributed by atoms with Crippen LogP contribution in [0.5, 0.6) is 5.75 Å². The number of nitro benzene ring substituents is 1. The number of hydrogen-bond acceptors (Lipinski definition) is 5. The lowest BCUT2D eigenvalue weighted by atomic mass is 10.2. The van der Waals surface area contributed by atoms with Crippen LogP contribution in [-0.4, -0.2) is 21.0 Å². The van der Waals surface area contributed by atoms with Crippen LogP contribution in [-0.2, 0) is 0 Å². The molecular weight excluding hydrogens is 361 g/mol. The number of benzene rings is 2. The van der Waals surface area contributed by atoms with E-state index in [1.54, 1.807) is 0 Å². The number of nitro groups is 1. The second kappa shape index (κ2) is 7.20. The average Bonchev–Trinajstić information content (AvgIpc) is 2.51. The number of carbonyl (C=O) groups is 1. The maximum atomic E-state index is 12.8. The number of hydrogen-bond donors (Lipinski definition) is 3. The van der Waals surface area contributed by atoms with E-state index in [-0.39, 0.29) is 27.1 Å². The van der Waals surface area contributed by atoms with Gasteiger partial charge in [0, 0.05) is 17.7 Å². The first-order chi connectivity index (χ1) is 11.3. The van der Waals surface area contributed by atoms with E-state index in [9.17, 15) is 24.4 Å². The van der Waals surface area contributed by atoms with E-state index in [4.69, 9.17) is 23.8 Å². The predicted octanol–water partition coefficient (Wildman–Crippen LogP) is 3.22. The Morgan fingerprint density at radius 3 is 2.50 bits per heavy atom. The van der Waals surface area contributed by atoms with Gasteiger partial charge >= 0.3 is 0 Å². The lowest BCUT2D eigenvalue weighted by Gasteiger charge is -2.11. The molecule has 1 amide bonds. The molecule has 24 heavy (non-hydrogen) atoms. The van der Waals surface area contributed by atoms with Crippen molar-refractivity contribution in [3.8, 4) is 5.75 Å². The van der Waals surface area contributed by atoms with Crippen molar-refractivity contribution in [3.63, 3.8) is 0 Å². The second-order valence-electron chi connectivity index (χ2n) is 4.50. The fourth-order valence-electron chi connectivity index (χ4n) is 1.72. The van der Waals surface area contributed by atoms with Crippen molar-refractivity contribution in [2.75, 3.05) is 5.32 Å². The molecular formula is C14H9ClFN3O4S. The summed E-state index contributed by atoms with van der Waals surface area (Å²) in [6.45, 7) is 0. The van der Waals surface area contributed by atoms with Crippen LogP contribution in [0.3, 0.4) is 0 Å². The van der Waals surface area contributed by atoms with Gasteiger partial charge in [-0.3, -0.25) is 20.2 Å². The Kier molecular flexibility index (Phi) is 5.27. The molecule has 0 saturated heterocycles. The Morgan fingerprint density at radius 1 is 1.29 bits per heavy atom. The van der Waals surface area contributed by atoms with Crippen molar-refractivity contribution in [2.45, 2.75) is 0 Å². The van der Waals surface area contributed by atoms with E-state index >= 15 is 0 Å². The van der Waals surface area contributed by atoms with Crippen molar-refractivity contribution in [2.24, 2.45) is 0 Å². The summed E-state index contributed by atoms with van der Waals surface area (Å²) in [5.74, 6) is -1.58. The van der Waals surface area contributed by atoms with E-state index in [0.29, 0.717) is 0 Å². The van der Waals surface area contributed by atoms with Crippen LogP contribution in [0.15, 0.2) is 36.4 Å². The second-order valence-corrected chi connectivity index (χ2v) is 5.31. The minimum atomic E-state index is -0.698. The molecule has 0 aromatic heterocycles. The number of aromatic hydroxyl groups is 1. The van der Waals surface area contributed by atoms with Gasteiger partial charge in [-0.25, -0.2) is 4.39 Å². The van der Waals surface area contributed by atoms with Gasteiger partial charge in [0.2, 0.25) is 0 Å². The van der Waals surface area contributed by atoms with Crippen LogP contribution < -0.4 is 10.6 Å². The number of anilines is 1. The first-order valence-corrected chi connectivity index (χ1v) is 7.11. The summed E-state index contributed by atoms with van der Waals surface area (Å²) in [6.07, 6.45) is 0. The third kappa shape index (κ3) is 4.15. The van der Waals surface area contributed by atoms with Crippen molar-refractivity contribution < 1.29 is 19.2 Å². The molecule has 0 aliphatic rings. The summed E-state index contributed by atoms with van der Waals surface area (Å²) in [5.41, 5.74) is -0.353. The van der Waals surface area contributed by atoms with Crippen molar-refractivity contribution in [1.29, 1.82) is 0 Å². The molecule has 0 aliphatic heterocycles. The molecule has 0 aliphatic carbocycles. The number of non-ortho nitro benzene ring substituents is 1. The van der Waals surface area contributed by atoms with Crippen LogP contribution in [0.2, 0.25) is 5.02 Å². The summed E-state index contributed by atoms with van der Waals surface area (Å²) in [4.78, 5) is 22.0. The Balaban J connectivity index is 2.13. The average molecular weight is 370 g/mol. The van der Waals surface area contributed by atoms with E-state index in [2.05, 4.69) is 10.6 Å². The third-order valence-corrected chi connectivity index (χ3v) is 3.33. The van der Waals surface area contributed by atoms with Gasteiger partial charge in [0.25, 0.3) is 11.6 Å². The molecule has 7 nitrogen and oxygen atoms in total. The smallest absolute Gasteiger partial charge is 0.273 e. The lowest BCUT2D eigenvalue weighted by molar-refractivity contribution is -0.384. The molecule has 124 valence electrons. The van der Waals surface area contributed by atoms with Gasteiger partial charge in [0.05, 0.1) is 15.6 Å². The number of phenolic OH excluding ortho intramolecular Hbond substituents is 1. The third-order valence-electron chi connectivity index (χ3n) is 2.84. The van der Waals surface area contributed by atoms with Gasteiger partial charge in [0.15, 0.2) is 10.9 Å². The number of nitrogens with one attached hydrogen (secondary N) is 2. The van der Waals surface area contributed by atoms with Gasteiger partial charge in [-0.2, -0.15) is 0 Å². The monoisotopic (exact) mass is 369 g/mol. The highest BCUT2D eigenvalue weighted by Gasteiger charge is 2.17. The topological polar surface area (TPSA) is 104 Å². The van der Waals surface area contributed by atoms with Crippen LogP contribution in [0.4, 0.5) is 15.8 Å². The van der Waals surface area contributed by atoms with E-state index < -0.39 is 22.4 Å². The molecule has 0 unspecified atom stereocenters. The molecule has 0 atom stereocenters. The molecule has 0 saturated carbocycles. The van der Waals surface area contributed by atoms with E-state index in [1.807, 2.05) is 0 Å². The fraction of sp³-hybridized carbons (Fsp3) is 0. The van der Waals surface area contributed by atoms with Crippen LogP contribution in [0.1, 0.15) is 10.4 Å². The Bertz CT molecular complexity index is 830. The molecule has 0 fully saturated rings. The summed E-state index contributed by atoms with van der Waals surface area (Å²) < 4.78 is 12.8. The van der Waals surface area contributed by atoms with Crippen molar-refractivity contribution in [1.82, 2.24) is 5.32 Å². The molecule has 0 bridgehead atoms. The molecule has 2 aromatic rings. The van der Waals surface area contributed by atoms with Crippen LogP contribution in [0, 0.1) is 15.9 Å². The molecule has 0 heterocycles. The summed E-state index contributed by atoms with van der Waals surface area (Å²) in [5, 5.41) is 24.9. The SMILES string of the molecule is O=C(NC(=S)Nc1cc([N+](=O)[O-])cc(Cl)c1O)c1ccc(F)cc1. The Hall–Kier alpha value is -2.78. The highest BCUT2D eigenvalue weighted by atomic mass is 35.5. The number of nitrogens with zero attached hydrogens (tertiary/aromatic N) is 1. The fourth-order valence-corrected chi connectivity index (χ4v) is 2.13. The van der Waals surface area contributed by atoms with E-state index in [1.165, 1.54) is 12.1 Å². The first kappa shape index (κ1) is 17.6. The van der Waals surface area contributed by atoms with Gasteiger partial charge in [0.1, 0.15) is 5.82 Å². The van der Waals surface area contributed by atoms with Crippen LogP contribution >= 0.6 is 23.8 Å². The highest BCUT2D eigenvalue weighted by molar-refractivity contribution is 7.80. The minimum absolute atomic E-state index is 0.140. The normalized spacial score (nSPS) is 10.1. The Labute approximate surface area is 145 Å². The highest BCUT2D eigenvalue weighted by Crippen LogP contribution is 2.35. The molecule has 0 spiro atoms. The minimum Gasteiger partial charge on any atom is -0.504 e. The number of rotatable bonds is 3. The zero-order chi connectivity index (χ0) is 17.9. The van der Waals surface area contributed by atoms with Gasteiger partial charge in [-0.15, -0.1) is 0 Å². The number of thiocarbonyl (C=S) groups is 1. The number of phenols is 1. The molecule has 2 rings (SSSR count). The zero-order valence-electron chi connectivity index (χ0n) is 11.7. The largest absolute Gasteiger partial charge is 0.504 e. The zero-order valence-corrected chi connectivity index (χ0v) is 13.3. The summed E-state index contributed by atoms with van der Waals surface area (Å²) in [6, 6.07) is 6.72. The number of amides is 1. The maximum absolute atomic E-state index is 12.8. The van der Waals surface area contributed by atoms with Crippen LogP contribution in [0.25, 0.3) is 0 Å². The van der Waals surface area contributed by atoms with Crippen molar-refractivity contribution in [3.05, 3.63) is 62.9 Å². The number of carbonyl (C=O) groups excluding carboxylic acids is 1. The van der Waals surface area contributed by atoms with E-state index in [0.717, 1.165) is 24.3 Å². The molecule has 2 aromatic carbocycles. The number of halogens is 2. The lowest BCUT2D eigenvalue weighted by Crippen LogP contribution is -2.34. The molecule has 10 heteroatoms. The summed E-state index contributed by atoms with van der Waals surface area (Å²) in [7, 11) is 0. The predicted molar refractivity (Wildman–Crippen MR) is 89.9 cm³/mol. The summed E-state index contributed by atoms with van der Waals surface area (Å²) >= 11 is 10.6. The maximum Gasteiger partial charge on any atom is 0.273 e. The molecule has 3 N–H and O–H groups in total. The van der Waals surface area contributed by atoms with Gasteiger partial charge in [-0.1, -0.05) is 11.6 Å².